The number of ether oxygens (including phenoxy) is 2. The highest BCUT2D eigenvalue weighted by atomic mass is 19.1. The molecule has 0 fully saturated rings. The van der Waals surface area contributed by atoms with Crippen molar-refractivity contribution in [3.8, 4) is 5.75 Å². The maximum Gasteiger partial charge on any atom is 0.323 e. The fourth-order valence-electron chi connectivity index (χ4n) is 2.09. The molecular weight excluding hydrogens is 297 g/mol. The molecule has 2 N–H and O–H groups in total. The quantitative estimate of drug-likeness (QED) is 0.831. The third-order valence-corrected chi connectivity index (χ3v) is 3.30. The molecule has 23 heavy (non-hydrogen) atoms. The van der Waals surface area contributed by atoms with E-state index in [-0.39, 0.29) is 5.82 Å². The normalized spacial score (nSPS) is 14.6. The summed E-state index contributed by atoms with van der Waals surface area (Å²) in [5.74, 6) is -0.223. The first-order chi connectivity index (χ1) is 11.0. The predicted octanol–water partition coefficient (Wildman–Crippen LogP) is 3.22. The van der Waals surface area contributed by atoms with Gasteiger partial charge < -0.3 is 15.2 Å². The Balaban J connectivity index is 2.23. The van der Waals surface area contributed by atoms with Crippen LogP contribution in [-0.4, -0.2) is 18.1 Å². The van der Waals surface area contributed by atoms with Crippen LogP contribution in [0.3, 0.4) is 0 Å². The maximum absolute atomic E-state index is 13.2. The first-order valence-corrected chi connectivity index (χ1v) is 7.40. The Morgan fingerprint density at radius 2 is 1.65 bits per heavy atom. The highest BCUT2D eigenvalue weighted by Gasteiger charge is 2.26. The molecule has 5 heteroatoms. The Kier molecular flexibility index (Phi) is 5.71. The predicted molar refractivity (Wildman–Crippen MR) is 85.4 cm³/mol. The van der Waals surface area contributed by atoms with Crippen LogP contribution in [0.1, 0.15) is 25.5 Å². The molecule has 2 aromatic rings. The molecule has 0 saturated heterocycles. The second-order valence-corrected chi connectivity index (χ2v) is 5.33. The number of esters is 1. The molecule has 0 aliphatic rings. The lowest BCUT2D eigenvalue weighted by atomic mass is 10.0. The van der Waals surface area contributed by atoms with Crippen LogP contribution in [0.15, 0.2) is 54.6 Å². The summed E-state index contributed by atoms with van der Waals surface area (Å²) < 4.78 is 24.4. The number of benzene rings is 2. The van der Waals surface area contributed by atoms with Gasteiger partial charge in [0.15, 0.2) is 6.10 Å². The van der Waals surface area contributed by atoms with Crippen molar-refractivity contribution in [2.24, 2.45) is 5.73 Å². The smallest absolute Gasteiger partial charge is 0.323 e. The van der Waals surface area contributed by atoms with Crippen LogP contribution >= 0.6 is 0 Å². The minimum absolute atomic E-state index is 0.340. The van der Waals surface area contributed by atoms with E-state index in [1.807, 2.05) is 18.2 Å². The summed E-state index contributed by atoms with van der Waals surface area (Å²) in [4.78, 5) is 11.7. The molecule has 2 aromatic carbocycles. The molecule has 4 nitrogen and oxygen atoms in total. The SMILES string of the molecule is C[C@H](N)C(=O)O[C@@H](C)[C@H](Oc1ccccc1)c1ccc(F)cc1. The van der Waals surface area contributed by atoms with Gasteiger partial charge in [0.05, 0.1) is 0 Å². The van der Waals surface area contributed by atoms with Gasteiger partial charge in [0.1, 0.15) is 23.7 Å². The summed E-state index contributed by atoms with van der Waals surface area (Å²) in [6, 6.07) is 14.4. The zero-order chi connectivity index (χ0) is 16.8. The van der Waals surface area contributed by atoms with E-state index in [1.165, 1.54) is 12.1 Å². The molecule has 0 aromatic heterocycles. The molecule has 0 heterocycles. The number of halogens is 1. The molecule has 0 saturated carbocycles. The standard InChI is InChI=1S/C18H20FNO3/c1-12(20)18(21)22-13(2)17(14-8-10-15(19)11-9-14)23-16-6-4-3-5-7-16/h3-13,17H,20H2,1-2H3/t12-,13-,17-/m0/s1. The van der Waals surface area contributed by atoms with Crippen molar-refractivity contribution in [2.45, 2.75) is 32.1 Å². The maximum atomic E-state index is 13.2. The molecule has 0 unspecified atom stereocenters. The molecule has 0 bridgehead atoms. The van der Waals surface area contributed by atoms with Gasteiger partial charge in [-0.3, -0.25) is 4.79 Å². The van der Waals surface area contributed by atoms with Crippen LogP contribution in [0, 0.1) is 5.82 Å². The monoisotopic (exact) mass is 317 g/mol. The minimum Gasteiger partial charge on any atom is -0.482 e. The highest BCUT2D eigenvalue weighted by Crippen LogP contribution is 2.27. The number of carbonyl (C=O) groups excluding carboxylic acids is 1. The molecule has 0 aliphatic heterocycles. The van der Waals surface area contributed by atoms with Crippen molar-refractivity contribution in [1.29, 1.82) is 0 Å². The van der Waals surface area contributed by atoms with Crippen LogP contribution < -0.4 is 10.5 Å². The number of hydrogen-bond donors (Lipinski definition) is 1. The van der Waals surface area contributed by atoms with Crippen LogP contribution in [0.5, 0.6) is 5.75 Å². The zero-order valence-corrected chi connectivity index (χ0v) is 13.1. The third kappa shape index (κ3) is 4.79. The van der Waals surface area contributed by atoms with E-state index >= 15 is 0 Å². The molecular formula is C18H20FNO3. The van der Waals surface area contributed by atoms with Gasteiger partial charge in [-0.15, -0.1) is 0 Å². The largest absolute Gasteiger partial charge is 0.482 e. The van der Waals surface area contributed by atoms with E-state index in [4.69, 9.17) is 15.2 Å². The van der Waals surface area contributed by atoms with Gasteiger partial charge in [-0.05, 0) is 43.7 Å². The van der Waals surface area contributed by atoms with E-state index in [0.29, 0.717) is 11.3 Å². The number of nitrogens with two attached hydrogens (primary N) is 1. The van der Waals surface area contributed by atoms with Crippen molar-refractivity contribution < 1.29 is 18.7 Å². The summed E-state index contributed by atoms with van der Waals surface area (Å²) in [5, 5.41) is 0. The van der Waals surface area contributed by atoms with Crippen LogP contribution in [0.4, 0.5) is 4.39 Å². The fraction of sp³-hybridized carbons (Fsp3) is 0.278. The molecule has 0 aliphatic carbocycles. The van der Waals surface area contributed by atoms with Gasteiger partial charge in [-0.25, -0.2) is 4.39 Å². The van der Waals surface area contributed by atoms with E-state index in [9.17, 15) is 9.18 Å². The summed E-state index contributed by atoms with van der Waals surface area (Å²) in [5.41, 5.74) is 6.24. The van der Waals surface area contributed by atoms with Crippen LogP contribution in [0.2, 0.25) is 0 Å². The fourth-order valence-corrected chi connectivity index (χ4v) is 2.09. The molecule has 3 atom stereocenters. The Bertz CT molecular complexity index is 628. The van der Waals surface area contributed by atoms with E-state index in [0.717, 1.165) is 0 Å². The summed E-state index contributed by atoms with van der Waals surface area (Å²) in [6.45, 7) is 3.28. The Labute approximate surface area is 135 Å². The minimum atomic E-state index is -0.719. The molecule has 2 rings (SSSR count). The van der Waals surface area contributed by atoms with Gasteiger partial charge in [0.2, 0.25) is 0 Å². The number of para-hydroxylation sites is 1. The molecule has 0 amide bonds. The van der Waals surface area contributed by atoms with Crippen LogP contribution in [-0.2, 0) is 9.53 Å². The van der Waals surface area contributed by atoms with E-state index in [2.05, 4.69) is 0 Å². The molecule has 0 spiro atoms. The van der Waals surface area contributed by atoms with Gasteiger partial charge in [0, 0.05) is 0 Å². The van der Waals surface area contributed by atoms with Crippen LogP contribution in [0.25, 0.3) is 0 Å². The third-order valence-electron chi connectivity index (χ3n) is 3.30. The average Bonchev–Trinajstić information content (AvgIpc) is 2.54. The number of hydrogen-bond acceptors (Lipinski definition) is 4. The molecule has 122 valence electrons. The average molecular weight is 317 g/mol. The number of rotatable bonds is 6. The lowest BCUT2D eigenvalue weighted by Gasteiger charge is -2.26. The second kappa shape index (κ2) is 7.74. The lowest BCUT2D eigenvalue weighted by molar-refractivity contribution is -0.154. The van der Waals surface area contributed by atoms with E-state index in [1.54, 1.807) is 38.1 Å². The van der Waals surface area contributed by atoms with Crippen molar-refractivity contribution in [3.05, 3.63) is 66.0 Å². The van der Waals surface area contributed by atoms with Gasteiger partial charge in [0.25, 0.3) is 0 Å². The lowest BCUT2D eigenvalue weighted by Crippen LogP contribution is -2.34. The Hall–Kier alpha value is -2.40. The van der Waals surface area contributed by atoms with Crippen molar-refractivity contribution >= 4 is 5.97 Å². The van der Waals surface area contributed by atoms with Crippen molar-refractivity contribution in [3.63, 3.8) is 0 Å². The van der Waals surface area contributed by atoms with Gasteiger partial charge in [-0.2, -0.15) is 0 Å². The summed E-state index contributed by atoms with van der Waals surface area (Å²) in [6.07, 6.45) is -1.15. The highest BCUT2D eigenvalue weighted by molar-refractivity contribution is 5.75. The second-order valence-electron chi connectivity index (χ2n) is 5.33. The van der Waals surface area contributed by atoms with Gasteiger partial charge >= 0.3 is 5.97 Å². The topological polar surface area (TPSA) is 61.6 Å². The first-order valence-electron chi connectivity index (χ1n) is 7.40. The summed E-state index contributed by atoms with van der Waals surface area (Å²) in [7, 11) is 0. The zero-order valence-electron chi connectivity index (χ0n) is 13.1. The number of carbonyl (C=O) groups is 1. The first kappa shape index (κ1) is 17.0. The Morgan fingerprint density at radius 1 is 1.04 bits per heavy atom. The molecule has 0 radical (unpaired) electrons. The van der Waals surface area contributed by atoms with Gasteiger partial charge in [-0.1, -0.05) is 30.3 Å². The van der Waals surface area contributed by atoms with E-state index < -0.39 is 24.2 Å². The summed E-state index contributed by atoms with van der Waals surface area (Å²) >= 11 is 0. The van der Waals surface area contributed by atoms with Crippen molar-refractivity contribution in [2.75, 3.05) is 0 Å². The van der Waals surface area contributed by atoms with Crippen molar-refractivity contribution in [1.82, 2.24) is 0 Å². The Morgan fingerprint density at radius 3 is 2.22 bits per heavy atom.